The molecule has 0 radical (unpaired) electrons. The zero-order valence-corrected chi connectivity index (χ0v) is 11.7. The van der Waals surface area contributed by atoms with Crippen molar-refractivity contribution < 1.29 is 4.79 Å². The Bertz CT molecular complexity index is 552. The molecular weight excluding hydrogens is 250 g/mol. The molecule has 0 amide bonds. The molecule has 2 rings (SSSR count). The third kappa shape index (κ3) is 2.15. The van der Waals surface area contributed by atoms with Gasteiger partial charge in [-0.2, -0.15) is 0 Å². The maximum absolute atomic E-state index is 12.2. The lowest BCUT2D eigenvalue weighted by Gasteiger charge is -2.07. The molecule has 17 heavy (non-hydrogen) atoms. The van der Waals surface area contributed by atoms with Crippen LogP contribution >= 0.6 is 22.7 Å². The maximum atomic E-state index is 12.2. The van der Waals surface area contributed by atoms with E-state index in [9.17, 15) is 4.79 Å². The highest BCUT2D eigenvalue weighted by molar-refractivity contribution is 7.16. The van der Waals surface area contributed by atoms with Crippen LogP contribution in [0.1, 0.15) is 29.8 Å². The average Bonchev–Trinajstić information content (AvgIpc) is 2.83. The number of hydrogen-bond donors (Lipinski definition) is 1. The largest absolute Gasteiger partial charge is 0.390 e. The second kappa shape index (κ2) is 4.63. The van der Waals surface area contributed by atoms with E-state index < -0.39 is 0 Å². The zero-order valence-electron chi connectivity index (χ0n) is 10.1. The third-order valence-electron chi connectivity index (χ3n) is 2.70. The van der Waals surface area contributed by atoms with Gasteiger partial charge in [0.25, 0.3) is 0 Å². The second-order valence-electron chi connectivity index (χ2n) is 4.34. The molecule has 0 aliphatic carbocycles. The molecule has 0 fully saturated rings. The smallest absolute Gasteiger partial charge is 0.168 e. The topological polar surface area (TPSA) is 43.1 Å². The minimum atomic E-state index is -0.0223. The Morgan fingerprint density at radius 3 is 2.59 bits per heavy atom. The molecule has 2 nitrogen and oxygen atoms in total. The lowest BCUT2D eigenvalue weighted by molar-refractivity contribution is 0.0941. The summed E-state index contributed by atoms with van der Waals surface area (Å²) in [4.78, 5) is 13.3. The van der Waals surface area contributed by atoms with E-state index in [1.54, 1.807) is 11.3 Å². The number of Topliss-reactive ketones (excluding diaryl/α,β-unsaturated/α-hetero) is 1. The number of rotatable bonds is 3. The summed E-state index contributed by atoms with van der Waals surface area (Å²) in [6.07, 6.45) is 0. The lowest BCUT2D eigenvalue weighted by Crippen LogP contribution is -2.09. The van der Waals surface area contributed by atoms with Crippen molar-refractivity contribution >= 4 is 33.5 Å². The van der Waals surface area contributed by atoms with E-state index in [1.165, 1.54) is 16.9 Å². The Morgan fingerprint density at radius 2 is 2.06 bits per heavy atom. The van der Waals surface area contributed by atoms with Crippen molar-refractivity contribution in [3.05, 3.63) is 28.0 Å². The summed E-state index contributed by atoms with van der Waals surface area (Å²) in [6, 6.07) is 2.07. The Hall–Kier alpha value is -1.13. The van der Waals surface area contributed by atoms with Crippen molar-refractivity contribution in [1.82, 2.24) is 0 Å². The van der Waals surface area contributed by atoms with Crippen LogP contribution in [0.3, 0.4) is 0 Å². The van der Waals surface area contributed by atoms with Crippen molar-refractivity contribution in [3.63, 3.8) is 0 Å². The first kappa shape index (κ1) is 12.3. The quantitative estimate of drug-likeness (QED) is 0.845. The van der Waals surface area contributed by atoms with E-state index >= 15 is 0 Å². The fourth-order valence-electron chi connectivity index (χ4n) is 1.73. The molecule has 0 saturated heterocycles. The van der Waals surface area contributed by atoms with Crippen molar-refractivity contribution in [1.29, 1.82) is 0 Å². The number of carbonyl (C=O) groups is 1. The zero-order chi connectivity index (χ0) is 12.6. The van der Waals surface area contributed by atoms with Gasteiger partial charge in [0.05, 0.1) is 10.6 Å². The Labute approximate surface area is 109 Å². The molecule has 0 aliphatic rings. The summed E-state index contributed by atoms with van der Waals surface area (Å²) in [6.45, 7) is 5.87. The van der Waals surface area contributed by atoms with Crippen LogP contribution in [0.2, 0.25) is 0 Å². The molecule has 0 spiro atoms. The molecule has 2 heterocycles. The first-order chi connectivity index (χ1) is 8.02. The number of carbonyl (C=O) groups excluding carboxylic acids is 1. The summed E-state index contributed by atoms with van der Waals surface area (Å²) >= 11 is 3.11. The van der Waals surface area contributed by atoms with Gasteiger partial charge in [0, 0.05) is 21.7 Å². The van der Waals surface area contributed by atoms with Crippen LogP contribution in [-0.4, -0.2) is 5.78 Å². The standard InChI is InChI=1S/C13H15NOS2/c1-7(2)11(15)10-9(6-17-13(10)14)12-8(3)4-5-16-12/h4-7H,14H2,1-3H3. The SMILES string of the molecule is Cc1ccsc1-c1csc(N)c1C(=O)C(C)C. The van der Waals surface area contributed by atoms with Crippen molar-refractivity contribution in [3.8, 4) is 10.4 Å². The number of nitrogens with two attached hydrogens (primary N) is 1. The highest BCUT2D eigenvalue weighted by Gasteiger charge is 2.22. The van der Waals surface area contributed by atoms with Gasteiger partial charge in [0.1, 0.15) is 0 Å². The molecular formula is C13H15NOS2. The van der Waals surface area contributed by atoms with Gasteiger partial charge in [-0.15, -0.1) is 22.7 Å². The van der Waals surface area contributed by atoms with Crippen LogP contribution in [0.25, 0.3) is 10.4 Å². The molecule has 2 aromatic rings. The Balaban J connectivity index is 2.58. The summed E-state index contributed by atoms with van der Waals surface area (Å²) in [5, 5.41) is 4.66. The number of aryl methyl sites for hydroxylation is 1. The van der Waals surface area contributed by atoms with Crippen LogP contribution in [0.5, 0.6) is 0 Å². The van der Waals surface area contributed by atoms with E-state index in [1.807, 2.05) is 24.6 Å². The monoisotopic (exact) mass is 265 g/mol. The van der Waals surface area contributed by atoms with Crippen molar-refractivity contribution in [2.75, 3.05) is 5.73 Å². The summed E-state index contributed by atoms with van der Waals surface area (Å²) in [5.41, 5.74) is 8.84. The molecule has 0 aliphatic heterocycles. The molecule has 0 aromatic carbocycles. The first-order valence-electron chi connectivity index (χ1n) is 5.48. The Kier molecular flexibility index (Phi) is 3.35. The van der Waals surface area contributed by atoms with Crippen LogP contribution in [-0.2, 0) is 0 Å². The maximum Gasteiger partial charge on any atom is 0.168 e. The van der Waals surface area contributed by atoms with Gasteiger partial charge in [0.2, 0.25) is 0 Å². The first-order valence-corrected chi connectivity index (χ1v) is 7.24. The van der Waals surface area contributed by atoms with E-state index in [-0.39, 0.29) is 11.7 Å². The molecule has 2 N–H and O–H groups in total. The van der Waals surface area contributed by atoms with E-state index in [2.05, 4.69) is 13.0 Å². The number of anilines is 1. The number of thiophene rings is 2. The predicted molar refractivity (Wildman–Crippen MR) is 75.9 cm³/mol. The molecule has 2 aromatic heterocycles. The van der Waals surface area contributed by atoms with Crippen LogP contribution in [0.15, 0.2) is 16.8 Å². The number of ketones is 1. The fraction of sp³-hybridized carbons (Fsp3) is 0.308. The van der Waals surface area contributed by atoms with Gasteiger partial charge < -0.3 is 5.73 Å². The van der Waals surface area contributed by atoms with Gasteiger partial charge in [-0.25, -0.2) is 0 Å². The molecule has 4 heteroatoms. The molecule has 0 atom stereocenters. The van der Waals surface area contributed by atoms with Gasteiger partial charge in [-0.1, -0.05) is 13.8 Å². The average molecular weight is 265 g/mol. The number of nitrogen functional groups attached to an aromatic ring is 1. The normalized spacial score (nSPS) is 11.1. The Morgan fingerprint density at radius 1 is 1.35 bits per heavy atom. The predicted octanol–water partition coefficient (Wildman–Crippen LogP) is 4.21. The second-order valence-corrected chi connectivity index (χ2v) is 6.17. The van der Waals surface area contributed by atoms with Crippen LogP contribution in [0, 0.1) is 12.8 Å². The molecule has 0 saturated carbocycles. The molecule has 0 unspecified atom stereocenters. The summed E-state index contributed by atoms with van der Waals surface area (Å²) < 4.78 is 0. The van der Waals surface area contributed by atoms with E-state index in [4.69, 9.17) is 5.73 Å². The minimum Gasteiger partial charge on any atom is -0.390 e. The number of hydrogen-bond acceptors (Lipinski definition) is 4. The van der Waals surface area contributed by atoms with Crippen LogP contribution in [0.4, 0.5) is 5.00 Å². The highest BCUT2D eigenvalue weighted by atomic mass is 32.1. The molecule has 0 bridgehead atoms. The summed E-state index contributed by atoms with van der Waals surface area (Å²) in [5.74, 6) is 0.109. The minimum absolute atomic E-state index is 0.0223. The molecule has 90 valence electrons. The highest BCUT2D eigenvalue weighted by Crippen LogP contribution is 2.39. The lowest BCUT2D eigenvalue weighted by atomic mass is 9.98. The fourth-order valence-corrected chi connectivity index (χ4v) is 3.57. The van der Waals surface area contributed by atoms with Gasteiger partial charge in [-0.3, -0.25) is 4.79 Å². The van der Waals surface area contributed by atoms with Gasteiger partial charge in [0.15, 0.2) is 5.78 Å². The summed E-state index contributed by atoms with van der Waals surface area (Å²) in [7, 11) is 0. The van der Waals surface area contributed by atoms with Crippen molar-refractivity contribution in [2.45, 2.75) is 20.8 Å². The van der Waals surface area contributed by atoms with E-state index in [0.717, 1.165) is 10.4 Å². The van der Waals surface area contributed by atoms with E-state index in [0.29, 0.717) is 10.6 Å². The van der Waals surface area contributed by atoms with Gasteiger partial charge >= 0.3 is 0 Å². The van der Waals surface area contributed by atoms with Crippen LogP contribution < -0.4 is 5.73 Å². The third-order valence-corrected chi connectivity index (χ3v) is 4.56. The van der Waals surface area contributed by atoms with Crippen molar-refractivity contribution in [2.24, 2.45) is 5.92 Å². The van der Waals surface area contributed by atoms with Gasteiger partial charge in [-0.05, 0) is 23.9 Å².